The number of aryl methyl sites for hydroxylation is 1. The van der Waals surface area contributed by atoms with E-state index in [2.05, 4.69) is 22.8 Å². The van der Waals surface area contributed by atoms with Gasteiger partial charge in [0.25, 0.3) is 5.91 Å². The summed E-state index contributed by atoms with van der Waals surface area (Å²) < 4.78 is 0. The fourth-order valence-corrected chi connectivity index (χ4v) is 2.70. The predicted molar refractivity (Wildman–Crippen MR) is 99.5 cm³/mol. The molecule has 2 aromatic carbocycles. The molecule has 3 rings (SSSR count). The van der Waals surface area contributed by atoms with Crippen molar-refractivity contribution in [2.24, 2.45) is 5.92 Å². The van der Waals surface area contributed by atoms with Gasteiger partial charge < -0.3 is 10.6 Å². The topological polar surface area (TPSA) is 58.2 Å². The number of benzene rings is 2. The quantitative estimate of drug-likeness (QED) is 0.721. The lowest BCUT2D eigenvalue weighted by Gasteiger charge is -2.07. The third-order valence-electron chi connectivity index (χ3n) is 4.38. The van der Waals surface area contributed by atoms with Gasteiger partial charge in [-0.15, -0.1) is 0 Å². The van der Waals surface area contributed by atoms with Crippen molar-refractivity contribution in [3.63, 3.8) is 0 Å². The van der Waals surface area contributed by atoms with E-state index < -0.39 is 0 Å². The molecule has 4 heteroatoms. The van der Waals surface area contributed by atoms with E-state index >= 15 is 0 Å². The molecule has 0 unspecified atom stereocenters. The molecular formula is C21H24N2O2. The molecule has 1 aliphatic rings. The highest BCUT2D eigenvalue weighted by atomic mass is 16.2. The minimum absolute atomic E-state index is 0.0696. The van der Waals surface area contributed by atoms with Crippen LogP contribution in [-0.2, 0) is 11.2 Å². The molecule has 0 saturated heterocycles. The van der Waals surface area contributed by atoms with Crippen LogP contribution in [0.5, 0.6) is 0 Å². The van der Waals surface area contributed by atoms with Crippen LogP contribution in [-0.4, -0.2) is 18.4 Å². The molecule has 1 saturated carbocycles. The minimum atomic E-state index is -0.0696. The second kappa shape index (κ2) is 8.47. The van der Waals surface area contributed by atoms with E-state index in [1.165, 1.54) is 5.56 Å². The van der Waals surface area contributed by atoms with Gasteiger partial charge in [-0.1, -0.05) is 30.3 Å². The van der Waals surface area contributed by atoms with Crippen molar-refractivity contribution in [1.29, 1.82) is 0 Å². The Morgan fingerprint density at radius 3 is 2.32 bits per heavy atom. The van der Waals surface area contributed by atoms with E-state index in [1.807, 2.05) is 18.2 Å². The summed E-state index contributed by atoms with van der Waals surface area (Å²) >= 11 is 0. The standard InChI is InChI=1S/C21H24N2O2/c24-20(22-15-5-4-8-16-6-2-1-3-7-16)17-11-13-19(14-12-17)23-21(25)18-9-10-18/h1-3,6-7,11-14,18H,4-5,8-10,15H2,(H,22,24)(H,23,25). The number of anilines is 1. The average molecular weight is 336 g/mol. The molecule has 1 aliphatic carbocycles. The van der Waals surface area contributed by atoms with Crippen LogP contribution in [0.3, 0.4) is 0 Å². The average Bonchev–Trinajstić information content (AvgIpc) is 3.48. The molecule has 1 fully saturated rings. The fourth-order valence-electron chi connectivity index (χ4n) is 2.70. The van der Waals surface area contributed by atoms with Crippen LogP contribution >= 0.6 is 0 Å². The van der Waals surface area contributed by atoms with Gasteiger partial charge in [0.05, 0.1) is 0 Å². The Balaban J connectivity index is 1.36. The zero-order valence-electron chi connectivity index (χ0n) is 14.3. The van der Waals surface area contributed by atoms with Crippen LogP contribution in [0.2, 0.25) is 0 Å². The molecule has 2 N–H and O–H groups in total. The van der Waals surface area contributed by atoms with Crippen LogP contribution in [0.15, 0.2) is 54.6 Å². The highest BCUT2D eigenvalue weighted by Crippen LogP contribution is 2.30. The lowest BCUT2D eigenvalue weighted by atomic mass is 10.1. The first-order valence-electron chi connectivity index (χ1n) is 8.95. The second-order valence-electron chi connectivity index (χ2n) is 6.54. The first kappa shape index (κ1) is 17.2. The fraction of sp³-hybridized carbons (Fsp3) is 0.333. The number of hydrogen-bond donors (Lipinski definition) is 2. The van der Waals surface area contributed by atoms with Crippen LogP contribution in [0.25, 0.3) is 0 Å². The maximum atomic E-state index is 12.1. The molecule has 0 atom stereocenters. The summed E-state index contributed by atoms with van der Waals surface area (Å²) in [5.41, 5.74) is 2.70. The van der Waals surface area contributed by atoms with Crippen molar-refractivity contribution in [2.75, 3.05) is 11.9 Å². The summed E-state index contributed by atoms with van der Waals surface area (Å²) in [7, 11) is 0. The van der Waals surface area contributed by atoms with Crippen LogP contribution in [0.4, 0.5) is 5.69 Å². The SMILES string of the molecule is O=C(NCCCCc1ccccc1)c1ccc(NC(=O)C2CC2)cc1. The molecule has 2 amide bonds. The molecule has 0 bridgehead atoms. The number of carbonyl (C=O) groups is 2. The lowest BCUT2D eigenvalue weighted by molar-refractivity contribution is -0.117. The largest absolute Gasteiger partial charge is 0.352 e. The molecule has 2 aromatic rings. The van der Waals surface area contributed by atoms with E-state index in [0.29, 0.717) is 12.1 Å². The van der Waals surface area contributed by atoms with Gasteiger partial charge in [0.15, 0.2) is 0 Å². The molecule has 0 heterocycles. The third kappa shape index (κ3) is 5.45. The number of amides is 2. The van der Waals surface area contributed by atoms with Crippen molar-refractivity contribution in [1.82, 2.24) is 5.32 Å². The Labute approximate surface area is 148 Å². The van der Waals surface area contributed by atoms with Gasteiger partial charge in [-0.2, -0.15) is 0 Å². The highest BCUT2D eigenvalue weighted by Gasteiger charge is 2.29. The first-order valence-corrected chi connectivity index (χ1v) is 8.95. The molecule has 4 nitrogen and oxygen atoms in total. The summed E-state index contributed by atoms with van der Waals surface area (Å²) in [6.07, 6.45) is 5.01. The van der Waals surface area contributed by atoms with Gasteiger partial charge in [0, 0.05) is 23.7 Å². The molecule has 130 valence electrons. The molecular weight excluding hydrogens is 312 g/mol. The normalized spacial score (nSPS) is 13.3. The van der Waals surface area contributed by atoms with E-state index in [-0.39, 0.29) is 17.7 Å². The van der Waals surface area contributed by atoms with E-state index in [4.69, 9.17) is 0 Å². The molecule has 0 radical (unpaired) electrons. The van der Waals surface area contributed by atoms with Crippen LogP contribution in [0, 0.1) is 5.92 Å². The van der Waals surface area contributed by atoms with Gasteiger partial charge in [0.1, 0.15) is 0 Å². The Morgan fingerprint density at radius 1 is 0.920 bits per heavy atom. The number of rotatable bonds is 8. The molecule has 0 aliphatic heterocycles. The summed E-state index contributed by atoms with van der Waals surface area (Å²) in [5.74, 6) is 0.189. The summed E-state index contributed by atoms with van der Waals surface area (Å²) in [6.45, 7) is 0.672. The number of nitrogens with one attached hydrogen (secondary N) is 2. The zero-order chi connectivity index (χ0) is 17.5. The van der Waals surface area contributed by atoms with Crippen molar-refractivity contribution in [3.8, 4) is 0 Å². The summed E-state index contributed by atoms with van der Waals surface area (Å²) in [5, 5.41) is 5.82. The molecule has 25 heavy (non-hydrogen) atoms. The van der Waals surface area contributed by atoms with Gasteiger partial charge in [0.2, 0.25) is 5.91 Å². The van der Waals surface area contributed by atoms with E-state index in [1.54, 1.807) is 24.3 Å². The van der Waals surface area contributed by atoms with Crippen LogP contribution < -0.4 is 10.6 Å². The van der Waals surface area contributed by atoms with Crippen molar-refractivity contribution < 1.29 is 9.59 Å². The van der Waals surface area contributed by atoms with Crippen molar-refractivity contribution in [3.05, 3.63) is 65.7 Å². The van der Waals surface area contributed by atoms with E-state index in [0.717, 1.165) is 37.8 Å². The second-order valence-corrected chi connectivity index (χ2v) is 6.54. The van der Waals surface area contributed by atoms with Gasteiger partial charge in [-0.05, 0) is 61.9 Å². The summed E-state index contributed by atoms with van der Waals surface area (Å²) in [4.78, 5) is 23.8. The van der Waals surface area contributed by atoms with Crippen molar-refractivity contribution in [2.45, 2.75) is 32.1 Å². The zero-order valence-corrected chi connectivity index (χ0v) is 14.3. The number of unbranched alkanes of at least 4 members (excludes halogenated alkanes) is 1. The molecule has 0 aromatic heterocycles. The smallest absolute Gasteiger partial charge is 0.251 e. The first-order chi connectivity index (χ1) is 12.2. The molecule has 0 spiro atoms. The monoisotopic (exact) mass is 336 g/mol. The van der Waals surface area contributed by atoms with E-state index in [9.17, 15) is 9.59 Å². The van der Waals surface area contributed by atoms with Crippen LogP contribution in [0.1, 0.15) is 41.6 Å². The lowest BCUT2D eigenvalue weighted by Crippen LogP contribution is -2.24. The Hall–Kier alpha value is -2.62. The Morgan fingerprint density at radius 2 is 1.64 bits per heavy atom. The van der Waals surface area contributed by atoms with Gasteiger partial charge in [-0.3, -0.25) is 9.59 Å². The predicted octanol–water partition coefficient (Wildman–Crippen LogP) is 3.79. The summed E-state index contributed by atoms with van der Waals surface area (Å²) in [6, 6.07) is 17.4. The highest BCUT2D eigenvalue weighted by molar-refractivity contribution is 5.96. The Kier molecular flexibility index (Phi) is 5.83. The number of carbonyl (C=O) groups excluding carboxylic acids is 2. The van der Waals surface area contributed by atoms with Crippen molar-refractivity contribution >= 4 is 17.5 Å². The van der Waals surface area contributed by atoms with Gasteiger partial charge in [-0.25, -0.2) is 0 Å². The van der Waals surface area contributed by atoms with Gasteiger partial charge >= 0.3 is 0 Å². The third-order valence-corrected chi connectivity index (χ3v) is 4.38. The maximum Gasteiger partial charge on any atom is 0.251 e. The Bertz CT molecular complexity index is 706. The number of hydrogen-bond acceptors (Lipinski definition) is 2. The maximum absolute atomic E-state index is 12.1. The minimum Gasteiger partial charge on any atom is -0.352 e.